The fourth-order valence-electron chi connectivity index (χ4n) is 5.35. The molecule has 7 heteroatoms. The third-order valence-electron chi connectivity index (χ3n) is 7.54. The fourth-order valence-corrected chi connectivity index (χ4v) is 5.47. The Hall–Kier alpha value is -4.39. The number of piperazine rings is 1. The SMILES string of the molecule is COC(=O)c1ccc(N2CCN(Cc3ccccc3-c3ccc(Cl)cc3)CC2)cc1Oc1cccc2cnccc12. The molecule has 41 heavy (non-hydrogen) atoms. The van der Waals surface area contributed by atoms with E-state index in [1.807, 2.05) is 48.5 Å². The Morgan fingerprint density at radius 3 is 2.49 bits per heavy atom. The lowest BCUT2D eigenvalue weighted by Gasteiger charge is -2.36. The van der Waals surface area contributed by atoms with Crippen molar-refractivity contribution < 1.29 is 14.3 Å². The third kappa shape index (κ3) is 5.89. The van der Waals surface area contributed by atoms with E-state index in [0.717, 1.165) is 54.2 Å². The standard InChI is InChI=1S/C34H30ClN3O3/c1-40-34(39)31-14-13-28(21-33(31)41-32-8-4-6-25-22-36-16-15-30(25)32)38-19-17-37(18-20-38)23-26-5-2-3-7-29(26)24-9-11-27(35)12-10-24/h2-16,21-22H,17-20,23H2,1H3. The number of esters is 1. The summed E-state index contributed by atoms with van der Waals surface area (Å²) in [7, 11) is 1.38. The predicted octanol–water partition coefficient (Wildman–Crippen LogP) is 7.46. The number of halogens is 1. The molecule has 0 unspecified atom stereocenters. The summed E-state index contributed by atoms with van der Waals surface area (Å²) in [6, 6.07) is 30.0. The Kier molecular flexibility index (Phi) is 7.85. The number of rotatable bonds is 7. The zero-order chi connectivity index (χ0) is 28.2. The lowest BCUT2D eigenvalue weighted by atomic mass is 9.99. The molecule has 6 nitrogen and oxygen atoms in total. The molecular weight excluding hydrogens is 534 g/mol. The van der Waals surface area contributed by atoms with Crippen LogP contribution < -0.4 is 9.64 Å². The number of pyridine rings is 1. The average Bonchev–Trinajstić information content (AvgIpc) is 3.02. The topological polar surface area (TPSA) is 54.9 Å². The van der Waals surface area contributed by atoms with E-state index in [0.29, 0.717) is 17.1 Å². The summed E-state index contributed by atoms with van der Waals surface area (Å²) < 4.78 is 11.4. The maximum absolute atomic E-state index is 12.6. The number of carbonyl (C=O) groups is 1. The Balaban J connectivity index is 1.19. The van der Waals surface area contributed by atoms with Crippen molar-refractivity contribution >= 4 is 34.0 Å². The highest BCUT2D eigenvalue weighted by atomic mass is 35.5. The van der Waals surface area contributed by atoms with E-state index < -0.39 is 5.97 Å². The van der Waals surface area contributed by atoms with Gasteiger partial charge in [0.25, 0.3) is 0 Å². The van der Waals surface area contributed by atoms with Crippen molar-refractivity contribution in [1.29, 1.82) is 0 Å². The van der Waals surface area contributed by atoms with Crippen LogP contribution in [0.2, 0.25) is 5.02 Å². The van der Waals surface area contributed by atoms with Crippen molar-refractivity contribution in [3.8, 4) is 22.6 Å². The van der Waals surface area contributed by atoms with Crippen LogP contribution in [-0.4, -0.2) is 49.1 Å². The molecule has 0 aliphatic carbocycles. The number of carbonyl (C=O) groups excluding carboxylic acids is 1. The molecule has 2 heterocycles. The number of ether oxygens (including phenoxy) is 2. The number of fused-ring (bicyclic) bond motifs is 1. The average molecular weight is 564 g/mol. The van der Waals surface area contributed by atoms with Crippen LogP contribution in [0.5, 0.6) is 11.5 Å². The van der Waals surface area contributed by atoms with Gasteiger partial charge in [-0.3, -0.25) is 9.88 Å². The van der Waals surface area contributed by atoms with E-state index in [-0.39, 0.29) is 0 Å². The van der Waals surface area contributed by atoms with Gasteiger partial charge in [-0.1, -0.05) is 60.1 Å². The summed E-state index contributed by atoms with van der Waals surface area (Å²) in [5, 5.41) is 2.63. The first-order chi connectivity index (χ1) is 20.1. The Bertz CT molecular complexity index is 1680. The quantitative estimate of drug-likeness (QED) is 0.192. The van der Waals surface area contributed by atoms with Crippen molar-refractivity contribution in [2.24, 2.45) is 0 Å². The monoisotopic (exact) mass is 563 g/mol. The van der Waals surface area contributed by atoms with Crippen LogP contribution in [0.1, 0.15) is 15.9 Å². The molecule has 1 aromatic heterocycles. The number of nitrogens with zero attached hydrogens (tertiary/aromatic N) is 3. The van der Waals surface area contributed by atoms with E-state index in [4.69, 9.17) is 21.1 Å². The van der Waals surface area contributed by atoms with Crippen LogP contribution in [0.15, 0.2) is 103 Å². The predicted molar refractivity (Wildman–Crippen MR) is 164 cm³/mol. The summed E-state index contributed by atoms with van der Waals surface area (Å²) >= 11 is 6.12. The molecule has 206 valence electrons. The highest BCUT2D eigenvalue weighted by Crippen LogP contribution is 2.35. The van der Waals surface area contributed by atoms with Gasteiger partial charge in [-0.05, 0) is 53.1 Å². The Labute approximate surface area is 244 Å². The van der Waals surface area contributed by atoms with Gasteiger partial charge in [0, 0.05) is 72.7 Å². The van der Waals surface area contributed by atoms with E-state index in [2.05, 4.69) is 51.2 Å². The van der Waals surface area contributed by atoms with Gasteiger partial charge in [-0.15, -0.1) is 0 Å². The summed E-state index contributed by atoms with van der Waals surface area (Å²) in [4.78, 5) is 21.6. The summed E-state index contributed by atoms with van der Waals surface area (Å²) in [6.07, 6.45) is 3.54. The molecule has 0 N–H and O–H groups in total. The van der Waals surface area contributed by atoms with Gasteiger partial charge in [-0.2, -0.15) is 0 Å². The molecule has 0 bridgehead atoms. The van der Waals surface area contributed by atoms with Gasteiger partial charge >= 0.3 is 5.97 Å². The van der Waals surface area contributed by atoms with Gasteiger partial charge < -0.3 is 14.4 Å². The van der Waals surface area contributed by atoms with Crippen molar-refractivity contribution in [2.75, 3.05) is 38.2 Å². The van der Waals surface area contributed by atoms with Crippen LogP contribution in [0.25, 0.3) is 21.9 Å². The maximum atomic E-state index is 12.6. The molecule has 5 aromatic rings. The van der Waals surface area contributed by atoms with Gasteiger partial charge in [0.2, 0.25) is 0 Å². The first-order valence-corrected chi connectivity index (χ1v) is 14.0. The molecule has 1 fully saturated rings. The maximum Gasteiger partial charge on any atom is 0.341 e. The molecule has 1 aliphatic heterocycles. The molecule has 1 aliphatic rings. The van der Waals surface area contributed by atoms with Crippen LogP contribution in [0.4, 0.5) is 5.69 Å². The lowest BCUT2D eigenvalue weighted by molar-refractivity contribution is 0.0598. The van der Waals surface area contributed by atoms with Crippen molar-refractivity contribution in [3.05, 3.63) is 120 Å². The Morgan fingerprint density at radius 1 is 0.878 bits per heavy atom. The van der Waals surface area contributed by atoms with E-state index >= 15 is 0 Å². The fraction of sp³-hybridized carbons (Fsp3) is 0.176. The lowest BCUT2D eigenvalue weighted by Crippen LogP contribution is -2.46. The number of benzene rings is 4. The Morgan fingerprint density at radius 2 is 1.68 bits per heavy atom. The molecule has 6 rings (SSSR count). The molecule has 0 amide bonds. The van der Waals surface area contributed by atoms with Crippen molar-refractivity contribution in [3.63, 3.8) is 0 Å². The molecule has 0 radical (unpaired) electrons. The van der Waals surface area contributed by atoms with Gasteiger partial charge in [0.05, 0.1) is 7.11 Å². The molecular formula is C34H30ClN3O3. The third-order valence-corrected chi connectivity index (χ3v) is 7.79. The minimum atomic E-state index is -0.433. The van der Waals surface area contributed by atoms with E-state index in [1.165, 1.54) is 23.8 Å². The van der Waals surface area contributed by atoms with Crippen LogP contribution in [0, 0.1) is 0 Å². The minimum absolute atomic E-state index is 0.389. The van der Waals surface area contributed by atoms with Gasteiger partial charge in [0.15, 0.2) is 0 Å². The second-order valence-electron chi connectivity index (χ2n) is 10.1. The first-order valence-electron chi connectivity index (χ1n) is 13.6. The second kappa shape index (κ2) is 12.0. The zero-order valence-electron chi connectivity index (χ0n) is 22.8. The highest BCUT2D eigenvalue weighted by Gasteiger charge is 2.22. The van der Waals surface area contributed by atoms with Crippen molar-refractivity contribution in [2.45, 2.75) is 6.54 Å². The molecule has 4 aromatic carbocycles. The van der Waals surface area contributed by atoms with Crippen LogP contribution >= 0.6 is 11.6 Å². The van der Waals surface area contributed by atoms with Crippen LogP contribution in [-0.2, 0) is 11.3 Å². The largest absolute Gasteiger partial charge is 0.465 e. The summed E-state index contributed by atoms with van der Waals surface area (Å²) in [5.41, 5.74) is 5.10. The normalized spacial score (nSPS) is 13.8. The number of hydrogen-bond acceptors (Lipinski definition) is 6. The molecule has 0 spiro atoms. The smallest absolute Gasteiger partial charge is 0.341 e. The number of aromatic nitrogens is 1. The molecule has 0 saturated carbocycles. The van der Waals surface area contributed by atoms with Gasteiger partial charge in [0.1, 0.15) is 17.1 Å². The van der Waals surface area contributed by atoms with Crippen LogP contribution in [0.3, 0.4) is 0 Å². The minimum Gasteiger partial charge on any atom is -0.465 e. The zero-order valence-corrected chi connectivity index (χ0v) is 23.6. The number of hydrogen-bond donors (Lipinski definition) is 0. The van der Waals surface area contributed by atoms with E-state index in [9.17, 15) is 4.79 Å². The molecule has 0 atom stereocenters. The highest BCUT2D eigenvalue weighted by molar-refractivity contribution is 6.30. The number of methoxy groups -OCH3 is 1. The first kappa shape index (κ1) is 26.8. The summed E-state index contributed by atoms with van der Waals surface area (Å²) in [6.45, 7) is 4.43. The van der Waals surface area contributed by atoms with Crippen molar-refractivity contribution in [1.82, 2.24) is 9.88 Å². The summed E-state index contributed by atoms with van der Waals surface area (Å²) in [5.74, 6) is 0.701. The van der Waals surface area contributed by atoms with Gasteiger partial charge in [-0.25, -0.2) is 4.79 Å². The number of anilines is 1. The molecule has 1 saturated heterocycles. The van der Waals surface area contributed by atoms with E-state index in [1.54, 1.807) is 18.5 Å². The second-order valence-corrected chi connectivity index (χ2v) is 10.5.